The summed E-state index contributed by atoms with van der Waals surface area (Å²) in [7, 11) is 2.16. The Kier molecular flexibility index (Phi) is 4.13. The lowest BCUT2D eigenvalue weighted by atomic mass is 9.94. The fourth-order valence-corrected chi connectivity index (χ4v) is 3.02. The Morgan fingerprint density at radius 2 is 1.76 bits per heavy atom. The van der Waals surface area contributed by atoms with E-state index in [1.54, 1.807) is 12.4 Å². The molecule has 0 N–H and O–H groups in total. The molecular weight excluding hydrogens is 260 g/mol. The van der Waals surface area contributed by atoms with Gasteiger partial charge in [-0.1, -0.05) is 19.3 Å². The second-order valence-corrected chi connectivity index (χ2v) is 5.83. The average Bonchev–Trinajstić information content (AvgIpc) is 2.55. The first-order chi connectivity index (χ1) is 10.2. The molecule has 1 fully saturated rings. The number of hydrogen-bond donors (Lipinski definition) is 0. The van der Waals surface area contributed by atoms with Gasteiger partial charge < -0.3 is 4.90 Å². The topological polar surface area (TPSA) is 41.9 Å². The van der Waals surface area contributed by atoms with Crippen molar-refractivity contribution in [2.75, 3.05) is 11.9 Å². The second-order valence-electron chi connectivity index (χ2n) is 5.83. The SMILES string of the molecule is Cc1cc(N(C)C2CCCCC2)nc(-c2ccncc2)n1. The quantitative estimate of drug-likeness (QED) is 0.862. The summed E-state index contributed by atoms with van der Waals surface area (Å²) in [6.07, 6.45) is 10.1. The van der Waals surface area contributed by atoms with Crippen LogP contribution in [0, 0.1) is 6.92 Å². The number of rotatable bonds is 3. The third kappa shape index (κ3) is 3.20. The molecule has 110 valence electrons. The first-order valence-electron chi connectivity index (χ1n) is 7.73. The molecule has 0 radical (unpaired) electrons. The van der Waals surface area contributed by atoms with Crippen molar-refractivity contribution in [1.29, 1.82) is 0 Å². The van der Waals surface area contributed by atoms with Gasteiger partial charge in [0.05, 0.1) is 0 Å². The molecule has 1 saturated carbocycles. The molecule has 4 heteroatoms. The van der Waals surface area contributed by atoms with E-state index in [-0.39, 0.29) is 0 Å². The van der Waals surface area contributed by atoms with Crippen LogP contribution in [0.25, 0.3) is 11.4 Å². The zero-order chi connectivity index (χ0) is 14.7. The van der Waals surface area contributed by atoms with Crippen LogP contribution in [0.3, 0.4) is 0 Å². The van der Waals surface area contributed by atoms with Gasteiger partial charge >= 0.3 is 0 Å². The maximum Gasteiger partial charge on any atom is 0.161 e. The first kappa shape index (κ1) is 14.0. The molecule has 0 aromatic carbocycles. The molecule has 2 aromatic rings. The van der Waals surface area contributed by atoms with Crippen LogP contribution >= 0.6 is 0 Å². The number of aromatic nitrogens is 3. The van der Waals surface area contributed by atoms with Crippen LogP contribution in [0.1, 0.15) is 37.8 Å². The van der Waals surface area contributed by atoms with Gasteiger partial charge in [-0.3, -0.25) is 4.98 Å². The molecular formula is C17H22N4. The van der Waals surface area contributed by atoms with Crippen molar-refractivity contribution in [2.24, 2.45) is 0 Å². The van der Waals surface area contributed by atoms with Crippen LogP contribution in [0.4, 0.5) is 5.82 Å². The normalized spacial score (nSPS) is 15.9. The van der Waals surface area contributed by atoms with Gasteiger partial charge in [0.2, 0.25) is 0 Å². The maximum atomic E-state index is 4.77. The van der Waals surface area contributed by atoms with E-state index in [1.165, 1.54) is 32.1 Å². The molecule has 0 unspecified atom stereocenters. The molecule has 0 spiro atoms. The predicted octanol–water partition coefficient (Wildman–Crippen LogP) is 3.62. The Morgan fingerprint density at radius 3 is 2.48 bits per heavy atom. The first-order valence-corrected chi connectivity index (χ1v) is 7.73. The maximum absolute atomic E-state index is 4.77. The predicted molar refractivity (Wildman–Crippen MR) is 85.3 cm³/mol. The fourth-order valence-electron chi connectivity index (χ4n) is 3.02. The highest BCUT2D eigenvalue weighted by Crippen LogP contribution is 2.26. The van der Waals surface area contributed by atoms with E-state index in [9.17, 15) is 0 Å². The van der Waals surface area contributed by atoms with Crippen LogP contribution < -0.4 is 4.90 Å². The van der Waals surface area contributed by atoms with Gasteiger partial charge in [0.1, 0.15) is 5.82 Å². The Hall–Kier alpha value is -1.97. The van der Waals surface area contributed by atoms with Gasteiger partial charge in [-0.15, -0.1) is 0 Å². The Labute approximate surface area is 126 Å². The molecule has 21 heavy (non-hydrogen) atoms. The highest BCUT2D eigenvalue weighted by atomic mass is 15.2. The number of hydrogen-bond acceptors (Lipinski definition) is 4. The summed E-state index contributed by atoms with van der Waals surface area (Å²) in [5.41, 5.74) is 2.03. The minimum atomic E-state index is 0.610. The molecule has 1 aliphatic carbocycles. The minimum Gasteiger partial charge on any atom is -0.357 e. The molecule has 0 amide bonds. The van der Waals surface area contributed by atoms with Crippen molar-refractivity contribution >= 4 is 5.82 Å². The summed E-state index contributed by atoms with van der Waals surface area (Å²) in [5, 5.41) is 0. The Bertz CT molecular complexity index is 591. The largest absolute Gasteiger partial charge is 0.357 e. The molecule has 4 nitrogen and oxygen atoms in total. The zero-order valence-corrected chi connectivity index (χ0v) is 12.8. The molecule has 3 rings (SSSR count). The van der Waals surface area contributed by atoms with Gasteiger partial charge in [0.15, 0.2) is 5.82 Å². The molecule has 1 aliphatic rings. The van der Waals surface area contributed by atoms with Crippen LogP contribution in [-0.4, -0.2) is 28.0 Å². The van der Waals surface area contributed by atoms with E-state index in [2.05, 4.69) is 28.0 Å². The molecule has 0 aliphatic heterocycles. The lowest BCUT2D eigenvalue weighted by molar-refractivity contribution is 0.426. The number of nitrogens with zero attached hydrogens (tertiary/aromatic N) is 4. The summed E-state index contributed by atoms with van der Waals surface area (Å²) in [4.78, 5) is 15.7. The molecule has 0 bridgehead atoms. The Morgan fingerprint density at radius 1 is 1.05 bits per heavy atom. The van der Waals surface area contributed by atoms with E-state index >= 15 is 0 Å². The van der Waals surface area contributed by atoms with E-state index in [1.807, 2.05) is 19.1 Å². The Balaban J connectivity index is 1.90. The smallest absolute Gasteiger partial charge is 0.161 e. The third-order valence-electron chi connectivity index (χ3n) is 4.26. The molecule has 2 aromatic heterocycles. The molecule has 0 saturated heterocycles. The van der Waals surface area contributed by atoms with Crippen LogP contribution in [0.2, 0.25) is 0 Å². The van der Waals surface area contributed by atoms with Crippen molar-refractivity contribution in [3.8, 4) is 11.4 Å². The lowest BCUT2D eigenvalue weighted by Crippen LogP contribution is -2.34. The van der Waals surface area contributed by atoms with Crippen molar-refractivity contribution in [1.82, 2.24) is 15.0 Å². The highest BCUT2D eigenvalue weighted by molar-refractivity contribution is 5.57. The van der Waals surface area contributed by atoms with Gasteiger partial charge in [-0.25, -0.2) is 9.97 Å². The van der Waals surface area contributed by atoms with Crippen molar-refractivity contribution in [3.05, 3.63) is 36.3 Å². The number of aryl methyl sites for hydroxylation is 1. The summed E-state index contributed by atoms with van der Waals surface area (Å²) in [6, 6.07) is 6.61. The van der Waals surface area contributed by atoms with E-state index in [0.29, 0.717) is 6.04 Å². The summed E-state index contributed by atoms with van der Waals surface area (Å²) in [6.45, 7) is 2.03. The van der Waals surface area contributed by atoms with Gasteiger partial charge in [-0.2, -0.15) is 0 Å². The fraction of sp³-hybridized carbons (Fsp3) is 0.471. The second kappa shape index (κ2) is 6.20. The number of anilines is 1. The van der Waals surface area contributed by atoms with Crippen molar-refractivity contribution in [2.45, 2.75) is 45.1 Å². The lowest BCUT2D eigenvalue weighted by Gasteiger charge is -2.32. The van der Waals surface area contributed by atoms with E-state index < -0.39 is 0 Å². The van der Waals surface area contributed by atoms with Crippen molar-refractivity contribution < 1.29 is 0 Å². The molecule has 2 heterocycles. The minimum absolute atomic E-state index is 0.610. The van der Waals surface area contributed by atoms with Crippen LogP contribution in [0.5, 0.6) is 0 Å². The number of pyridine rings is 1. The zero-order valence-electron chi connectivity index (χ0n) is 12.8. The van der Waals surface area contributed by atoms with E-state index in [0.717, 1.165) is 22.9 Å². The average molecular weight is 282 g/mol. The standard InChI is InChI=1S/C17H22N4/c1-13-12-16(21(2)15-6-4-3-5-7-15)20-17(19-13)14-8-10-18-11-9-14/h8-12,15H,3-7H2,1-2H3. The van der Waals surface area contributed by atoms with E-state index in [4.69, 9.17) is 4.98 Å². The van der Waals surface area contributed by atoms with Gasteiger partial charge in [0.25, 0.3) is 0 Å². The summed E-state index contributed by atoms with van der Waals surface area (Å²) in [5.74, 6) is 1.82. The summed E-state index contributed by atoms with van der Waals surface area (Å²) < 4.78 is 0. The van der Waals surface area contributed by atoms with Gasteiger partial charge in [-0.05, 0) is 31.9 Å². The highest BCUT2D eigenvalue weighted by Gasteiger charge is 2.20. The summed E-state index contributed by atoms with van der Waals surface area (Å²) >= 11 is 0. The molecule has 0 atom stereocenters. The van der Waals surface area contributed by atoms with Gasteiger partial charge in [0, 0.05) is 42.8 Å². The third-order valence-corrected chi connectivity index (χ3v) is 4.26. The van der Waals surface area contributed by atoms with Crippen LogP contribution in [0.15, 0.2) is 30.6 Å². The van der Waals surface area contributed by atoms with Crippen molar-refractivity contribution in [3.63, 3.8) is 0 Å². The van der Waals surface area contributed by atoms with Crippen LogP contribution in [-0.2, 0) is 0 Å². The monoisotopic (exact) mass is 282 g/mol.